The molecule has 0 radical (unpaired) electrons. The van der Waals surface area contributed by atoms with E-state index in [1.165, 1.54) is 0 Å². The molecule has 0 amide bonds. The fourth-order valence-corrected chi connectivity index (χ4v) is 5.33. The van der Waals surface area contributed by atoms with E-state index in [0.717, 1.165) is 0 Å². The first-order chi connectivity index (χ1) is 13.2. The van der Waals surface area contributed by atoms with Crippen molar-refractivity contribution < 1.29 is 14.3 Å². The number of allylic oxidation sites excluding steroid dienone is 1. The lowest BCUT2D eigenvalue weighted by Crippen LogP contribution is -2.27. The van der Waals surface area contributed by atoms with Crippen molar-refractivity contribution in [2.75, 3.05) is 0 Å². The van der Waals surface area contributed by atoms with Gasteiger partial charge in [-0.05, 0) is 19.1 Å². The van der Waals surface area contributed by atoms with Gasteiger partial charge >= 0.3 is 5.97 Å². The number of carbonyl (C=O) groups excluding carboxylic acids is 1. The van der Waals surface area contributed by atoms with Crippen LogP contribution in [0, 0.1) is 22.2 Å². The predicted octanol–water partition coefficient (Wildman–Crippen LogP) is 5.88. The molecule has 3 unspecified atom stereocenters. The summed E-state index contributed by atoms with van der Waals surface area (Å²) in [7, 11) is 0. The van der Waals surface area contributed by atoms with Crippen LogP contribution in [0.15, 0.2) is 67.3 Å². The number of nitrogens with zero attached hydrogens (tertiary/aromatic N) is 1. The van der Waals surface area contributed by atoms with Gasteiger partial charge in [0.1, 0.15) is 20.5 Å². The molecule has 6 heteroatoms. The molecule has 0 N–H and O–H groups in total. The Morgan fingerprint density at radius 2 is 1.75 bits per heavy atom. The second kappa shape index (κ2) is 7.38. The minimum Gasteiger partial charge on any atom is -0.449 e. The summed E-state index contributed by atoms with van der Waals surface area (Å²) in [6.45, 7) is 7.60. The SMILES string of the molecule is C=CC1(C)C(Br)(Br)C1(C)C(=O)OC(Oc1ccccc1C#N)c1ccccc1. The van der Waals surface area contributed by atoms with Crippen LogP contribution in [0.2, 0.25) is 0 Å². The van der Waals surface area contributed by atoms with E-state index in [1.807, 2.05) is 44.2 Å². The molecule has 4 nitrogen and oxygen atoms in total. The maximum Gasteiger partial charge on any atom is 0.318 e. The number of benzene rings is 2. The summed E-state index contributed by atoms with van der Waals surface area (Å²) in [4.78, 5) is 13.2. The zero-order valence-electron chi connectivity index (χ0n) is 15.5. The third-order valence-electron chi connectivity index (χ3n) is 5.60. The summed E-state index contributed by atoms with van der Waals surface area (Å²) in [6.07, 6.45) is 0.742. The van der Waals surface area contributed by atoms with Gasteiger partial charge in [-0.3, -0.25) is 4.79 Å². The number of nitriles is 1. The van der Waals surface area contributed by atoms with E-state index in [0.29, 0.717) is 16.9 Å². The Labute approximate surface area is 181 Å². The third-order valence-corrected chi connectivity index (χ3v) is 8.83. The van der Waals surface area contributed by atoms with Crippen LogP contribution < -0.4 is 4.74 Å². The Hall–Kier alpha value is -2.10. The van der Waals surface area contributed by atoms with Crippen molar-refractivity contribution in [1.29, 1.82) is 5.26 Å². The van der Waals surface area contributed by atoms with Crippen LogP contribution in [0.5, 0.6) is 5.75 Å². The van der Waals surface area contributed by atoms with Gasteiger partial charge in [0.05, 0.1) is 5.56 Å². The van der Waals surface area contributed by atoms with Gasteiger partial charge in [-0.2, -0.15) is 5.26 Å². The van der Waals surface area contributed by atoms with E-state index in [9.17, 15) is 10.1 Å². The van der Waals surface area contributed by atoms with Crippen LogP contribution in [-0.4, -0.2) is 9.20 Å². The molecular formula is C22H19Br2NO3. The topological polar surface area (TPSA) is 59.3 Å². The maximum atomic E-state index is 13.2. The number of carbonyl (C=O) groups is 1. The summed E-state index contributed by atoms with van der Waals surface area (Å²) in [5.74, 6) is -0.0880. The number of ether oxygens (including phenoxy) is 2. The smallest absolute Gasteiger partial charge is 0.318 e. The predicted molar refractivity (Wildman–Crippen MR) is 114 cm³/mol. The molecule has 2 aromatic carbocycles. The molecule has 0 saturated heterocycles. The number of alkyl halides is 2. The van der Waals surface area contributed by atoms with Crippen molar-refractivity contribution in [3.05, 3.63) is 78.4 Å². The number of para-hydroxylation sites is 1. The molecule has 0 heterocycles. The van der Waals surface area contributed by atoms with E-state index in [-0.39, 0.29) is 0 Å². The molecular weight excluding hydrogens is 486 g/mol. The average Bonchev–Trinajstić information content (AvgIpc) is 3.08. The molecule has 0 aliphatic heterocycles. The first-order valence-electron chi connectivity index (χ1n) is 8.66. The average molecular weight is 505 g/mol. The summed E-state index contributed by atoms with van der Waals surface area (Å²) in [5, 5.41) is 9.33. The van der Waals surface area contributed by atoms with E-state index < -0.39 is 26.3 Å². The monoisotopic (exact) mass is 503 g/mol. The zero-order valence-corrected chi connectivity index (χ0v) is 18.7. The first-order valence-corrected chi connectivity index (χ1v) is 10.2. The van der Waals surface area contributed by atoms with Crippen LogP contribution >= 0.6 is 31.9 Å². The van der Waals surface area contributed by atoms with Crippen molar-refractivity contribution in [3.63, 3.8) is 0 Å². The van der Waals surface area contributed by atoms with Gasteiger partial charge in [-0.1, -0.05) is 87.3 Å². The zero-order chi connectivity index (χ0) is 20.6. The number of halogens is 2. The van der Waals surface area contributed by atoms with E-state index >= 15 is 0 Å². The van der Waals surface area contributed by atoms with Crippen molar-refractivity contribution in [1.82, 2.24) is 0 Å². The number of hydrogen-bond acceptors (Lipinski definition) is 4. The van der Waals surface area contributed by atoms with E-state index in [4.69, 9.17) is 9.47 Å². The Morgan fingerprint density at radius 3 is 2.32 bits per heavy atom. The second-order valence-electron chi connectivity index (χ2n) is 6.98. The lowest BCUT2D eigenvalue weighted by Gasteiger charge is -2.23. The molecule has 2 aromatic rings. The highest BCUT2D eigenvalue weighted by Crippen LogP contribution is 2.80. The highest BCUT2D eigenvalue weighted by atomic mass is 79.9. The minimum absolute atomic E-state index is 0.350. The highest BCUT2D eigenvalue weighted by Gasteiger charge is 2.84. The normalized spacial score (nSPS) is 25.8. The lowest BCUT2D eigenvalue weighted by molar-refractivity contribution is -0.172. The Bertz CT molecular complexity index is 954. The molecule has 3 rings (SSSR count). The van der Waals surface area contributed by atoms with Gasteiger partial charge in [0.15, 0.2) is 0 Å². The van der Waals surface area contributed by atoms with Crippen molar-refractivity contribution >= 4 is 37.8 Å². The summed E-state index contributed by atoms with van der Waals surface area (Å²) >= 11 is 7.18. The third kappa shape index (κ3) is 2.98. The van der Waals surface area contributed by atoms with E-state index in [1.54, 1.807) is 30.3 Å². The molecule has 1 aliphatic rings. The van der Waals surface area contributed by atoms with Gasteiger partial charge in [0.25, 0.3) is 6.29 Å². The van der Waals surface area contributed by atoms with Crippen LogP contribution in [0.1, 0.15) is 31.3 Å². The Balaban J connectivity index is 1.93. The van der Waals surface area contributed by atoms with Gasteiger partial charge < -0.3 is 9.47 Å². The fourth-order valence-electron chi connectivity index (χ4n) is 3.26. The standard InChI is InChI=1S/C22H19Br2NO3/c1-4-20(2)21(3,22(20,23)24)19(26)28-18(15-10-6-5-7-11-15)27-17-13-9-8-12-16(17)14-25/h4-13,18H,1H2,2-3H3. The van der Waals surface area contributed by atoms with Gasteiger partial charge in [0.2, 0.25) is 0 Å². The van der Waals surface area contributed by atoms with Crippen LogP contribution in [0.4, 0.5) is 0 Å². The number of hydrogen-bond donors (Lipinski definition) is 0. The molecule has 3 atom stereocenters. The second-order valence-corrected chi connectivity index (χ2v) is 10.4. The van der Waals surface area contributed by atoms with Crippen LogP contribution in [0.25, 0.3) is 0 Å². The Kier molecular flexibility index (Phi) is 5.44. The highest BCUT2D eigenvalue weighted by molar-refractivity contribution is 9.25. The summed E-state index contributed by atoms with van der Waals surface area (Å²) < 4.78 is 11.1. The lowest BCUT2D eigenvalue weighted by atomic mass is 9.96. The quantitative estimate of drug-likeness (QED) is 0.213. The van der Waals surface area contributed by atoms with E-state index in [2.05, 4.69) is 44.5 Å². The van der Waals surface area contributed by atoms with Gasteiger partial charge in [-0.25, -0.2) is 0 Å². The molecule has 144 valence electrons. The van der Waals surface area contributed by atoms with Gasteiger partial charge in [-0.15, -0.1) is 6.58 Å². The molecule has 28 heavy (non-hydrogen) atoms. The van der Waals surface area contributed by atoms with Crippen molar-refractivity contribution in [2.24, 2.45) is 10.8 Å². The molecule has 1 aliphatic carbocycles. The van der Waals surface area contributed by atoms with Crippen molar-refractivity contribution in [3.8, 4) is 11.8 Å². The summed E-state index contributed by atoms with van der Waals surface area (Å²) in [6, 6.07) is 18.1. The molecule has 0 bridgehead atoms. The molecule has 1 fully saturated rings. The maximum absolute atomic E-state index is 13.2. The minimum atomic E-state index is -0.995. The first kappa shape index (κ1) is 20.6. The summed E-state index contributed by atoms with van der Waals surface area (Å²) in [5.41, 5.74) is -0.387. The Morgan fingerprint density at radius 1 is 1.14 bits per heavy atom. The molecule has 0 spiro atoms. The molecule has 1 saturated carbocycles. The molecule has 0 aromatic heterocycles. The number of rotatable bonds is 6. The van der Waals surface area contributed by atoms with Gasteiger partial charge in [0, 0.05) is 11.0 Å². The number of esters is 1. The fraction of sp³-hybridized carbons (Fsp3) is 0.273. The van der Waals surface area contributed by atoms with Crippen LogP contribution in [0.3, 0.4) is 0 Å². The van der Waals surface area contributed by atoms with Crippen LogP contribution in [-0.2, 0) is 9.53 Å². The van der Waals surface area contributed by atoms with Crippen molar-refractivity contribution in [2.45, 2.75) is 23.4 Å². The largest absolute Gasteiger partial charge is 0.449 e.